The van der Waals surface area contributed by atoms with Gasteiger partial charge in [-0.25, -0.2) is 13.6 Å². The Morgan fingerprint density at radius 1 is 1.06 bits per heavy atom. The lowest BCUT2D eigenvalue weighted by molar-refractivity contribution is -0.117. The molecular weight excluding hydrogens is 466 g/mol. The Bertz CT molecular complexity index is 1480. The average Bonchev–Trinajstić information content (AvgIpc) is 3.70. The number of nitrogens with zero attached hydrogens (tertiary/aromatic N) is 2. The molecule has 2 heterocycles. The minimum atomic E-state index is -0.571. The molecule has 0 amide bonds. The van der Waals surface area contributed by atoms with Gasteiger partial charge in [-0.3, -0.25) is 9.78 Å². The predicted molar refractivity (Wildman–Crippen MR) is 129 cm³/mol. The minimum Gasteiger partial charge on any atom is -0.502 e. The van der Waals surface area contributed by atoms with Gasteiger partial charge in [0.25, 0.3) is 0 Å². The second-order valence-electron chi connectivity index (χ2n) is 8.40. The molecule has 0 aliphatic carbocycles. The molecule has 0 radical (unpaired) electrons. The second kappa shape index (κ2) is 10.1. The van der Waals surface area contributed by atoms with Crippen LogP contribution in [0.15, 0.2) is 66.9 Å². The minimum absolute atomic E-state index is 0.0537. The van der Waals surface area contributed by atoms with Crippen molar-refractivity contribution in [3.05, 3.63) is 101 Å². The van der Waals surface area contributed by atoms with Gasteiger partial charge in [0.05, 0.1) is 18.7 Å². The topological polar surface area (TPSA) is 65.3 Å². The molecule has 0 N–H and O–H groups in total. The zero-order chi connectivity index (χ0) is 25.1. The number of hydrogen-bond donors (Lipinski definition) is 0. The van der Waals surface area contributed by atoms with Crippen molar-refractivity contribution in [2.24, 2.45) is 0 Å². The van der Waals surface area contributed by atoms with E-state index in [0.717, 1.165) is 0 Å². The highest BCUT2D eigenvalue weighted by Gasteiger charge is 2.24. The summed E-state index contributed by atoms with van der Waals surface area (Å²) in [5.74, 6) is -0.0758. The van der Waals surface area contributed by atoms with E-state index in [1.165, 1.54) is 36.4 Å². The van der Waals surface area contributed by atoms with Crippen molar-refractivity contribution in [1.82, 2.24) is 4.98 Å². The fourth-order valence-corrected chi connectivity index (χ4v) is 3.74. The molecule has 4 aromatic rings. The highest BCUT2D eigenvalue weighted by atomic mass is 19.1. The summed E-state index contributed by atoms with van der Waals surface area (Å²) in [7, 11) is 0. The van der Waals surface area contributed by atoms with E-state index < -0.39 is 5.82 Å². The first-order valence-corrected chi connectivity index (χ1v) is 11.3. The van der Waals surface area contributed by atoms with Crippen LogP contribution in [0.2, 0.25) is 0 Å². The van der Waals surface area contributed by atoms with Gasteiger partial charge in [0.15, 0.2) is 0 Å². The van der Waals surface area contributed by atoms with Gasteiger partial charge in [0.2, 0.25) is 5.69 Å². The molecule has 1 fully saturated rings. The molecule has 1 atom stereocenters. The highest BCUT2D eigenvalue weighted by molar-refractivity contribution is 5.91. The Morgan fingerprint density at radius 2 is 1.86 bits per heavy atom. The summed E-state index contributed by atoms with van der Waals surface area (Å²) in [6, 6.07) is 14.9. The van der Waals surface area contributed by atoms with Gasteiger partial charge in [-0.15, -0.1) is 0 Å². The first kappa shape index (κ1) is 23.4. The van der Waals surface area contributed by atoms with E-state index in [1.807, 2.05) is 0 Å². The first-order valence-electron chi connectivity index (χ1n) is 11.3. The van der Waals surface area contributed by atoms with Crippen LogP contribution in [-0.2, 0) is 22.4 Å². The number of Topliss-reactive ketones (excluding diaryl/α,β-unsaturated/α-hetero) is 1. The van der Waals surface area contributed by atoms with Crippen LogP contribution in [0.3, 0.4) is 0 Å². The molecule has 0 saturated carbocycles. The number of carbonyl (C=O) groups excluding carboxylic acids is 1. The van der Waals surface area contributed by atoms with Crippen LogP contribution in [0, 0.1) is 18.2 Å². The molecule has 1 aliphatic heterocycles. The predicted octanol–water partition coefficient (Wildman–Crippen LogP) is 5.99. The zero-order valence-electron chi connectivity index (χ0n) is 19.0. The number of epoxide rings is 1. The van der Waals surface area contributed by atoms with E-state index in [9.17, 15) is 13.6 Å². The fourth-order valence-electron chi connectivity index (χ4n) is 3.74. The SMILES string of the molecule is [C-]#[N+]c1cc2c(Oc3ccc(CC(=O)Cc4ccc(F)cc4)c(F)c3)ccnc2cc1OC[C@H]1CO1. The zero-order valence-corrected chi connectivity index (χ0v) is 19.0. The molecule has 36 heavy (non-hydrogen) atoms. The second-order valence-corrected chi connectivity index (χ2v) is 8.40. The smallest absolute Gasteiger partial charge is 0.229 e. The molecule has 1 aromatic heterocycles. The summed E-state index contributed by atoms with van der Waals surface area (Å²) in [6.45, 7) is 8.51. The Kier molecular flexibility index (Phi) is 6.56. The molecule has 8 heteroatoms. The van der Waals surface area contributed by atoms with E-state index in [0.29, 0.717) is 46.9 Å². The third-order valence-electron chi connectivity index (χ3n) is 5.68. The lowest BCUT2D eigenvalue weighted by Crippen LogP contribution is -2.08. The van der Waals surface area contributed by atoms with Gasteiger partial charge in [-0.05, 0) is 47.5 Å². The van der Waals surface area contributed by atoms with Crippen molar-refractivity contribution in [2.75, 3.05) is 13.2 Å². The summed E-state index contributed by atoms with van der Waals surface area (Å²) < 4.78 is 44.6. The summed E-state index contributed by atoms with van der Waals surface area (Å²) in [6.07, 6.45) is 1.61. The molecule has 180 valence electrons. The molecule has 0 unspecified atom stereocenters. The van der Waals surface area contributed by atoms with E-state index in [4.69, 9.17) is 20.8 Å². The number of hydrogen-bond acceptors (Lipinski definition) is 5. The fraction of sp³-hybridized carbons (Fsp3) is 0.179. The number of carbonyl (C=O) groups is 1. The van der Waals surface area contributed by atoms with Crippen LogP contribution in [0.5, 0.6) is 17.2 Å². The molecule has 1 saturated heterocycles. The number of rotatable bonds is 9. The van der Waals surface area contributed by atoms with Crippen molar-refractivity contribution in [3.8, 4) is 17.2 Å². The molecule has 6 nitrogen and oxygen atoms in total. The third kappa shape index (κ3) is 5.48. The average molecular weight is 486 g/mol. The van der Waals surface area contributed by atoms with E-state index in [2.05, 4.69) is 9.83 Å². The number of halogens is 2. The third-order valence-corrected chi connectivity index (χ3v) is 5.68. The summed E-state index contributed by atoms with van der Waals surface area (Å²) in [5.41, 5.74) is 1.78. The monoisotopic (exact) mass is 486 g/mol. The van der Waals surface area contributed by atoms with Crippen molar-refractivity contribution in [1.29, 1.82) is 0 Å². The normalized spacial score (nSPS) is 14.3. The Morgan fingerprint density at radius 3 is 2.58 bits per heavy atom. The lowest BCUT2D eigenvalue weighted by atomic mass is 10.0. The van der Waals surface area contributed by atoms with Crippen LogP contribution < -0.4 is 9.47 Å². The summed E-state index contributed by atoms with van der Waals surface area (Å²) in [5, 5.41) is 0.581. The van der Waals surface area contributed by atoms with E-state index >= 15 is 0 Å². The number of ketones is 1. The summed E-state index contributed by atoms with van der Waals surface area (Å²) in [4.78, 5) is 20.3. The molecule has 5 rings (SSSR count). The number of benzene rings is 3. The van der Waals surface area contributed by atoms with Gasteiger partial charge >= 0.3 is 0 Å². The standard InChI is InChI=1S/C28H20F2N2O4/c1-31-26-13-23-25(14-28(26)35-16-22-15-34-22)32-9-8-27(23)36-21-7-4-18(24(30)12-21)11-20(33)10-17-2-5-19(29)6-3-17/h2-9,12-14,22H,10-11,15-16H2/t22-/m1/s1. The van der Waals surface area contributed by atoms with Crippen molar-refractivity contribution >= 4 is 22.4 Å². The maximum Gasteiger partial charge on any atom is 0.229 e. The number of pyridine rings is 1. The van der Waals surface area contributed by atoms with Gasteiger partial charge in [-0.1, -0.05) is 18.2 Å². The van der Waals surface area contributed by atoms with Gasteiger partial charge in [0.1, 0.15) is 47.4 Å². The maximum atomic E-state index is 14.8. The largest absolute Gasteiger partial charge is 0.502 e. The Labute approximate surface area is 205 Å². The highest BCUT2D eigenvalue weighted by Crippen LogP contribution is 2.38. The number of ether oxygens (including phenoxy) is 3. The van der Waals surface area contributed by atoms with Crippen LogP contribution >= 0.6 is 0 Å². The maximum absolute atomic E-state index is 14.8. The van der Waals surface area contributed by atoms with Crippen molar-refractivity contribution in [2.45, 2.75) is 18.9 Å². The molecule has 3 aromatic carbocycles. The van der Waals surface area contributed by atoms with Gasteiger partial charge in [-0.2, -0.15) is 0 Å². The van der Waals surface area contributed by atoms with Crippen LogP contribution in [0.4, 0.5) is 14.5 Å². The van der Waals surface area contributed by atoms with Crippen molar-refractivity contribution in [3.63, 3.8) is 0 Å². The molecule has 0 bridgehead atoms. The van der Waals surface area contributed by atoms with Crippen LogP contribution in [0.25, 0.3) is 15.7 Å². The Balaban J connectivity index is 1.32. The molecule has 0 spiro atoms. The number of aromatic nitrogens is 1. The van der Waals surface area contributed by atoms with Crippen LogP contribution in [0.1, 0.15) is 11.1 Å². The lowest BCUT2D eigenvalue weighted by Gasteiger charge is -2.12. The van der Waals surface area contributed by atoms with Crippen molar-refractivity contribution < 1.29 is 27.8 Å². The number of fused-ring (bicyclic) bond motifs is 1. The molecular formula is C28H20F2N2O4. The molecule has 1 aliphatic rings. The van der Waals surface area contributed by atoms with E-state index in [-0.39, 0.29) is 41.9 Å². The summed E-state index contributed by atoms with van der Waals surface area (Å²) >= 11 is 0. The van der Waals surface area contributed by atoms with Crippen LogP contribution in [-0.4, -0.2) is 30.1 Å². The van der Waals surface area contributed by atoms with Gasteiger partial charge < -0.3 is 14.2 Å². The van der Waals surface area contributed by atoms with Gasteiger partial charge in [0, 0.05) is 30.5 Å². The quantitative estimate of drug-likeness (QED) is 0.215. The van der Waals surface area contributed by atoms with E-state index in [1.54, 1.807) is 30.5 Å². The Hall–Kier alpha value is -4.35. The first-order chi connectivity index (χ1) is 17.5.